The van der Waals surface area contributed by atoms with Crippen LogP contribution >= 0.6 is 0 Å². The van der Waals surface area contributed by atoms with Crippen molar-refractivity contribution < 1.29 is 9.47 Å². The minimum atomic E-state index is -0.614. The second-order valence-electron chi connectivity index (χ2n) is 5.20. The summed E-state index contributed by atoms with van der Waals surface area (Å²) in [6, 6.07) is 9.51. The Hall–Kier alpha value is -1.46. The van der Waals surface area contributed by atoms with Gasteiger partial charge in [0.15, 0.2) is 0 Å². The summed E-state index contributed by atoms with van der Waals surface area (Å²) in [4.78, 5) is 0. The summed E-state index contributed by atoms with van der Waals surface area (Å²) in [6.45, 7) is 6.50. The molecule has 0 spiro atoms. The summed E-state index contributed by atoms with van der Waals surface area (Å²) in [5.41, 5.74) is 0. The summed E-state index contributed by atoms with van der Waals surface area (Å²) < 4.78 is 11.3. The molecule has 1 rings (SSSR count). The highest BCUT2D eigenvalue weighted by atomic mass is 16.7. The number of ether oxygens (including phenoxy) is 2. The Bertz CT molecular complexity index is 378. The Labute approximate surface area is 117 Å². The Balaban J connectivity index is 2.34. The van der Waals surface area contributed by atoms with Gasteiger partial charge >= 0.3 is 0 Å². The van der Waals surface area contributed by atoms with Crippen molar-refractivity contribution in [3.63, 3.8) is 0 Å². The normalized spacial score (nSPS) is 13.8. The van der Waals surface area contributed by atoms with Gasteiger partial charge in [-0.2, -0.15) is 0 Å². The van der Waals surface area contributed by atoms with Gasteiger partial charge in [-0.3, -0.25) is 0 Å². The molecule has 104 valence electrons. The second-order valence-corrected chi connectivity index (χ2v) is 5.20. The molecule has 2 unspecified atom stereocenters. The maximum Gasteiger partial charge on any atom is 0.264 e. The molecule has 0 radical (unpaired) electrons. The lowest BCUT2D eigenvalue weighted by Gasteiger charge is -2.19. The van der Waals surface area contributed by atoms with Crippen LogP contribution in [-0.2, 0) is 4.74 Å². The quantitative estimate of drug-likeness (QED) is 0.513. The minimum Gasteiger partial charge on any atom is -0.453 e. The van der Waals surface area contributed by atoms with Crippen LogP contribution in [0, 0.1) is 18.3 Å². The van der Waals surface area contributed by atoms with Gasteiger partial charge in [0.2, 0.25) is 0 Å². The first kappa shape index (κ1) is 15.6. The molecule has 0 saturated heterocycles. The number of hydrogen-bond donors (Lipinski definition) is 0. The zero-order valence-electron chi connectivity index (χ0n) is 12.1. The van der Waals surface area contributed by atoms with E-state index in [0.717, 1.165) is 24.5 Å². The molecule has 2 nitrogen and oxygen atoms in total. The van der Waals surface area contributed by atoms with Crippen molar-refractivity contribution in [2.75, 3.05) is 0 Å². The maximum atomic E-state index is 5.73. The molecule has 2 heteroatoms. The third-order valence-electron chi connectivity index (χ3n) is 2.87. The highest BCUT2D eigenvalue weighted by Gasteiger charge is 2.12. The van der Waals surface area contributed by atoms with E-state index in [9.17, 15) is 0 Å². The lowest BCUT2D eigenvalue weighted by Crippen LogP contribution is -2.24. The van der Waals surface area contributed by atoms with Crippen molar-refractivity contribution >= 4 is 0 Å². The Morgan fingerprint density at radius 1 is 1.11 bits per heavy atom. The zero-order valence-corrected chi connectivity index (χ0v) is 12.1. The van der Waals surface area contributed by atoms with Gasteiger partial charge in [0.25, 0.3) is 6.29 Å². The molecule has 19 heavy (non-hydrogen) atoms. The van der Waals surface area contributed by atoms with Gasteiger partial charge in [-0.15, -0.1) is 6.42 Å². The molecule has 0 amide bonds. The maximum absolute atomic E-state index is 5.73. The molecule has 1 aromatic rings. The Morgan fingerprint density at radius 2 is 1.79 bits per heavy atom. The molecule has 0 aromatic heterocycles. The first-order valence-electron chi connectivity index (χ1n) is 6.95. The summed E-state index contributed by atoms with van der Waals surface area (Å²) >= 11 is 0. The van der Waals surface area contributed by atoms with Crippen LogP contribution in [0.1, 0.15) is 40.0 Å². The topological polar surface area (TPSA) is 18.5 Å². The second kappa shape index (κ2) is 8.61. The summed E-state index contributed by atoms with van der Waals surface area (Å²) in [5.74, 6) is 4.00. The van der Waals surface area contributed by atoms with Crippen molar-refractivity contribution in [3.8, 4) is 18.1 Å². The Kier molecular flexibility index (Phi) is 7.07. The third kappa shape index (κ3) is 6.88. The molecule has 0 N–H and O–H groups in total. The molecule has 0 aliphatic rings. The molecule has 1 aromatic carbocycles. The lowest BCUT2D eigenvalue weighted by molar-refractivity contribution is -0.0795. The van der Waals surface area contributed by atoms with E-state index in [0.29, 0.717) is 0 Å². The van der Waals surface area contributed by atoms with E-state index in [2.05, 4.69) is 19.8 Å². The molecule has 0 heterocycles. The predicted octanol–water partition coefficient (Wildman–Crippen LogP) is 4.26. The van der Waals surface area contributed by atoms with Crippen molar-refractivity contribution in [1.29, 1.82) is 0 Å². The van der Waals surface area contributed by atoms with Crippen LogP contribution in [0.4, 0.5) is 0 Å². The van der Waals surface area contributed by atoms with Crippen molar-refractivity contribution in [2.45, 2.75) is 52.4 Å². The van der Waals surface area contributed by atoms with E-state index in [4.69, 9.17) is 15.9 Å². The van der Waals surface area contributed by atoms with Crippen LogP contribution in [0.5, 0.6) is 5.75 Å². The molecule has 0 aliphatic carbocycles. The van der Waals surface area contributed by atoms with E-state index in [-0.39, 0.29) is 6.10 Å². The van der Waals surface area contributed by atoms with E-state index in [1.165, 1.54) is 6.42 Å². The lowest BCUT2D eigenvalue weighted by atomic mass is 10.0. The van der Waals surface area contributed by atoms with Crippen LogP contribution in [0.25, 0.3) is 0 Å². The van der Waals surface area contributed by atoms with Gasteiger partial charge in [0.05, 0.1) is 6.10 Å². The van der Waals surface area contributed by atoms with Gasteiger partial charge < -0.3 is 9.47 Å². The smallest absolute Gasteiger partial charge is 0.264 e. The molecular weight excluding hydrogens is 236 g/mol. The standard InChI is InChI=1S/C17H24O2/c1-5-17(19-16-12-7-6-8-13-16)18-15(4)11-9-10-14(2)3/h1,6-8,12-15,17H,9-11H2,2-4H3. The molecule has 2 atom stereocenters. The van der Waals surface area contributed by atoms with Crippen LogP contribution in [-0.4, -0.2) is 12.4 Å². The average molecular weight is 260 g/mol. The number of para-hydroxylation sites is 1. The van der Waals surface area contributed by atoms with Gasteiger partial charge in [-0.05, 0) is 37.3 Å². The van der Waals surface area contributed by atoms with Crippen molar-refractivity contribution in [1.82, 2.24) is 0 Å². The minimum absolute atomic E-state index is 0.114. The van der Waals surface area contributed by atoms with E-state index >= 15 is 0 Å². The number of hydrogen-bond acceptors (Lipinski definition) is 2. The fraction of sp³-hybridized carbons (Fsp3) is 0.529. The number of benzene rings is 1. The van der Waals surface area contributed by atoms with E-state index in [1.807, 2.05) is 37.3 Å². The fourth-order valence-corrected chi connectivity index (χ4v) is 1.82. The number of terminal acetylenes is 1. The summed E-state index contributed by atoms with van der Waals surface area (Å²) in [7, 11) is 0. The van der Waals surface area contributed by atoms with Crippen LogP contribution in [0.2, 0.25) is 0 Å². The zero-order chi connectivity index (χ0) is 14.1. The Morgan fingerprint density at radius 3 is 2.37 bits per heavy atom. The van der Waals surface area contributed by atoms with Gasteiger partial charge in [0, 0.05) is 0 Å². The van der Waals surface area contributed by atoms with Gasteiger partial charge in [-0.25, -0.2) is 0 Å². The third-order valence-corrected chi connectivity index (χ3v) is 2.87. The van der Waals surface area contributed by atoms with Crippen LogP contribution in [0.3, 0.4) is 0 Å². The molecule has 0 aliphatic heterocycles. The van der Waals surface area contributed by atoms with E-state index in [1.54, 1.807) is 0 Å². The molecule has 0 bridgehead atoms. The molecular formula is C17H24O2. The van der Waals surface area contributed by atoms with Crippen molar-refractivity contribution in [2.24, 2.45) is 5.92 Å². The van der Waals surface area contributed by atoms with Gasteiger partial charge in [-0.1, -0.05) is 44.9 Å². The first-order chi connectivity index (χ1) is 9.11. The first-order valence-corrected chi connectivity index (χ1v) is 6.95. The van der Waals surface area contributed by atoms with Crippen molar-refractivity contribution in [3.05, 3.63) is 30.3 Å². The number of rotatable bonds is 8. The van der Waals surface area contributed by atoms with Crippen LogP contribution < -0.4 is 4.74 Å². The fourth-order valence-electron chi connectivity index (χ4n) is 1.82. The van der Waals surface area contributed by atoms with Crippen LogP contribution in [0.15, 0.2) is 30.3 Å². The van der Waals surface area contributed by atoms with E-state index < -0.39 is 6.29 Å². The monoisotopic (exact) mass is 260 g/mol. The highest BCUT2D eigenvalue weighted by Crippen LogP contribution is 2.15. The highest BCUT2D eigenvalue weighted by molar-refractivity contribution is 5.21. The predicted molar refractivity (Wildman–Crippen MR) is 78.9 cm³/mol. The SMILES string of the molecule is C#CC(Oc1ccccc1)OC(C)CCCC(C)C. The average Bonchev–Trinajstić information content (AvgIpc) is 2.38. The summed E-state index contributed by atoms with van der Waals surface area (Å²) in [5, 5.41) is 0. The largest absolute Gasteiger partial charge is 0.453 e. The van der Waals surface area contributed by atoms with Gasteiger partial charge in [0.1, 0.15) is 5.75 Å². The molecule has 0 fully saturated rings. The summed E-state index contributed by atoms with van der Waals surface area (Å²) in [6.07, 6.45) is 8.32. The molecule has 0 saturated carbocycles.